The zero-order chi connectivity index (χ0) is 20.0. The highest BCUT2D eigenvalue weighted by Crippen LogP contribution is 2.26. The normalized spacial score (nSPS) is 13.0. The van der Waals surface area contributed by atoms with Crippen LogP contribution in [-0.2, 0) is 21.8 Å². The van der Waals surface area contributed by atoms with Gasteiger partial charge in [-0.1, -0.05) is 48.5 Å². The Kier molecular flexibility index (Phi) is 7.21. The first-order chi connectivity index (χ1) is 12.8. The number of benzene rings is 2. The molecule has 2 rings (SSSR count). The molecule has 0 bridgehead atoms. The second kappa shape index (κ2) is 9.39. The summed E-state index contributed by atoms with van der Waals surface area (Å²) in [6.07, 6.45) is 0.300. The van der Waals surface area contributed by atoms with Crippen LogP contribution in [0.15, 0.2) is 59.0 Å². The average molecular weight is 385 g/mol. The lowest BCUT2D eigenvalue weighted by molar-refractivity contribution is -0.138. The molecule has 0 amide bonds. The van der Waals surface area contributed by atoms with Gasteiger partial charge < -0.3 is 15.9 Å². The lowest BCUT2D eigenvalue weighted by Gasteiger charge is -2.09. The molecule has 0 spiro atoms. The first kappa shape index (κ1) is 20.7. The third-order valence-electron chi connectivity index (χ3n) is 4.32. The van der Waals surface area contributed by atoms with Crippen molar-refractivity contribution in [3.05, 3.63) is 70.1 Å². The number of aliphatic carboxylic acids is 2. The lowest BCUT2D eigenvalue weighted by Crippen LogP contribution is -2.32. The highest BCUT2D eigenvalue weighted by Gasteiger charge is 2.12. The number of nitrogens with two attached hydrogens (primary N) is 1. The summed E-state index contributed by atoms with van der Waals surface area (Å²) in [7, 11) is 0. The highest BCUT2D eigenvalue weighted by molar-refractivity contribution is 8.02. The first-order valence-electron chi connectivity index (χ1n) is 8.48. The van der Waals surface area contributed by atoms with Gasteiger partial charge in [0.2, 0.25) is 0 Å². The average Bonchev–Trinajstić information content (AvgIpc) is 2.66. The minimum atomic E-state index is -1.00. The lowest BCUT2D eigenvalue weighted by atomic mass is 10.0. The first-order valence-corrected chi connectivity index (χ1v) is 9.46. The molecule has 0 radical (unpaired) electrons. The number of hydrogen-bond acceptors (Lipinski definition) is 4. The minimum absolute atomic E-state index is 0.300. The molecule has 27 heavy (non-hydrogen) atoms. The van der Waals surface area contributed by atoms with Gasteiger partial charge in [-0.3, -0.25) is 4.79 Å². The van der Waals surface area contributed by atoms with Crippen LogP contribution in [0.25, 0.3) is 11.1 Å². The van der Waals surface area contributed by atoms with Crippen molar-refractivity contribution in [1.82, 2.24) is 0 Å². The Hall–Kier alpha value is -2.57. The number of allylic oxidation sites excluding steroid dienone is 1. The zero-order valence-corrected chi connectivity index (χ0v) is 16.1. The van der Waals surface area contributed by atoms with Gasteiger partial charge in [-0.2, -0.15) is 0 Å². The van der Waals surface area contributed by atoms with E-state index in [9.17, 15) is 9.59 Å². The Morgan fingerprint density at radius 2 is 1.41 bits per heavy atom. The topological polar surface area (TPSA) is 101 Å². The maximum absolute atomic E-state index is 11.0. The molecule has 0 saturated heterocycles. The summed E-state index contributed by atoms with van der Waals surface area (Å²) in [6.45, 7) is 3.43. The molecule has 1 atom stereocenters. The van der Waals surface area contributed by atoms with E-state index in [2.05, 4.69) is 0 Å². The van der Waals surface area contributed by atoms with Gasteiger partial charge >= 0.3 is 11.9 Å². The monoisotopic (exact) mass is 385 g/mol. The van der Waals surface area contributed by atoms with E-state index in [4.69, 9.17) is 15.9 Å². The number of rotatable bonds is 8. The second-order valence-corrected chi connectivity index (χ2v) is 7.51. The van der Waals surface area contributed by atoms with Crippen molar-refractivity contribution in [3.63, 3.8) is 0 Å². The molecule has 0 fully saturated rings. The van der Waals surface area contributed by atoms with Gasteiger partial charge in [0.15, 0.2) is 0 Å². The fraction of sp³-hybridized carbons (Fsp3) is 0.238. The van der Waals surface area contributed by atoms with Crippen LogP contribution in [0.5, 0.6) is 0 Å². The Balaban J connectivity index is 2.01. The molecule has 1 unspecified atom stereocenters. The van der Waals surface area contributed by atoms with E-state index in [1.807, 2.05) is 55.5 Å². The van der Waals surface area contributed by atoms with Crippen LogP contribution in [0, 0.1) is 0 Å². The molecular formula is C21H23NO4S. The predicted molar refractivity (Wildman–Crippen MR) is 108 cm³/mol. The maximum Gasteiger partial charge on any atom is 0.332 e. The number of carboxylic acids is 2. The van der Waals surface area contributed by atoms with Crippen molar-refractivity contribution < 1.29 is 19.8 Å². The van der Waals surface area contributed by atoms with Crippen LogP contribution < -0.4 is 5.73 Å². The van der Waals surface area contributed by atoms with E-state index >= 15 is 0 Å². The van der Waals surface area contributed by atoms with E-state index in [0.717, 1.165) is 27.2 Å². The van der Waals surface area contributed by atoms with Crippen molar-refractivity contribution in [2.45, 2.75) is 32.1 Å². The Morgan fingerprint density at radius 1 is 0.926 bits per heavy atom. The summed E-state index contributed by atoms with van der Waals surface area (Å²) in [5.41, 5.74) is 10.0. The van der Waals surface area contributed by atoms with Crippen LogP contribution in [-0.4, -0.2) is 28.2 Å². The van der Waals surface area contributed by atoms with Crippen LogP contribution in [0.4, 0.5) is 0 Å². The second-order valence-electron chi connectivity index (χ2n) is 6.32. The standard InChI is InChI=1S/C21H23NO4S/c1-13(20(23)24)14(2)27-12-16-5-9-18(10-6-16)17-7-3-15(4-8-17)11-19(22)21(25)26/h3-10,19H,11-12,22H2,1-2H3,(H,23,24)(H,25,26)/b14-13-. The molecule has 0 aromatic heterocycles. The van der Waals surface area contributed by atoms with Crippen molar-refractivity contribution in [2.75, 3.05) is 0 Å². The number of carboxylic acid groups (broad SMARTS) is 2. The van der Waals surface area contributed by atoms with Gasteiger partial charge in [-0.25, -0.2) is 4.79 Å². The highest BCUT2D eigenvalue weighted by atomic mass is 32.2. The van der Waals surface area contributed by atoms with E-state index in [-0.39, 0.29) is 0 Å². The summed E-state index contributed by atoms with van der Waals surface area (Å²) in [5.74, 6) is -1.18. The SMILES string of the molecule is C/C(SCc1ccc(-c2ccc(CC(N)C(=O)O)cc2)cc1)=C(\C)C(=O)O. The molecule has 142 valence electrons. The molecule has 6 heteroatoms. The van der Waals surface area contributed by atoms with E-state index < -0.39 is 18.0 Å². The fourth-order valence-corrected chi connectivity index (χ4v) is 3.30. The van der Waals surface area contributed by atoms with Gasteiger partial charge in [0.05, 0.1) is 0 Å². The van der Waals surface area contributed by atoms with E-state index in [0.29, 0.717) is 17.7 Å². The van der Waals surface area contributed by atoms with Crippen LogP contribution >= 0.6 is 11.8 Å². The molecule has 0 heterocycles. The Morgan fingerprint density at radius 3 is 1.85 bits per heavy atom. The van der Waals surface area contributed by atoms with E-state index in [1.165, 1.54) is 11.8 Å². The Labute approximate surface area is 162 Å². The number of carbonyl (C=O) groups is 2. The predicted octanol–water partition coefficient (Wildman–Crippen LogP) is 3.92. The zero-order valence-electron chi connectivity index (χ0n) is 15.3. The summed E-state index contributed by atoms with van der Waals surface area (Å²) >= 11 is 1.52. The van der Waals surface area contributed by atoms with E-state index in [1.54, 1.807) is 6.92 Å². The van der Waals surface area contributed by atoms with Gasteiger partial charge in [0.25, 0.3) is 0 Å². The third-order valence-corrected chi connectivity index (χ3v) is 5.54. The summed E-state index contributed by atoms with van der Waals surface area (Å²) < 4.78 is 0. The third kappa shape index (κ3) is 5.98. The molecule has 2 aromatic carbocycles. The molecule has 2 aromatic rings. The summed E-state index contributed by atoms with van der Waals surface area (Å²) in [4.78, 5) is 22.6. The van der Waals surface area contributed by atoms with Crippen molar-refractivity contribution in [3.8, 4) is 11.1 Å². The number of hydrogen-bond donors (Lipinski definition) is 3. The van der Waals surface area contributed by atoms with Gasteiger partial charge in [0, 0.05) is 11.3 Å². The van der Waals surface area contributed by atoms with Crippen LogP contribution in [0.3, 0.4) is 0 Å². The molecule has 4 N–H and O–H groups in total. The number of thioether (sulfide) groups is 1. The molecule has 0 aliphatic carbocycles. The summed E-state index contributed by atoms with van der Waals surface area (Å²) in [5, 5.41) is 17.9. The molecule has 5 nitrogen and oxygen atoms in total. The molecule has 0 aliphatic rings. The minimum Gasteiger partial charge on any atom is -0.480 e. The van der Waals surface area contributed by atoms with Crippen molar-refractivity contribution >= 4 is 23.7 Å². The van der Waals surface area contributed by atoms with Crippen LogP contribution in [0.2, 0.25) is 0 Å². The molecular weight excluding hydrogens is 362 g/mol. The summed E-state index contributed by atoms with van der Waals surface area (Å²) in [6, 6.07) is 14.9. The smallest absolute Gasteiger partial charge is 0.332 e. The fourth-order valence-electron chi connectivity index (χ4n) is 2.42. The van der Waals surface area contributed by atoms with Crippen molar-refractivity contribution in [1.29, 1.82) is 0 Å². The van der Waals surface area contributed by atoms with Gasteiger partial charge in [-0.15, -0.1) is 11.8 Å². The molecule has 0 aliphatic heterocycles. The van der Waals surface area contributed by atoms with Gasteiger partial charge in [-0.05, 0) is 47.4 Å². The molecule has 0 saturated carbocycles. The van der Waals surface area contributed by atoms with Crippen LogP contribution in [0.1, 0.15) is 25.0 Å². The maximum atomic E-state index is 11.0. The van der Waals surface area contributed by atoms with Gasteiger partial charge in [0.1, 0.15) is 6.04 Å². The largest absolute Gasteiger partial charge is 0.480 e. The quantitative estimate of drug-likeness (QED) is 0.596. The Bertz CT molecular complexity index is 841. The van der Waals surface area contributed by atoms with Crippen molar-refractivity contribution in [2.24, 2.45) is 5.73 Å².